The van der Waals surface area contributed by atoms with Crippen LogP contribution in [0.1, 0.15) is 31.2 Å². The fourth-order valence-corrected chi connectivity index (χ4v) is 5.54. The van der Waals surface area contributed by atoms with Crippen molar-refractivity contribution in [1.29, 1.82) is 5.26 Å². The van der Waals surface area contributed by atoms with Gasteiger partial charge in [0.1, 0.15) is 0 Å². The molecule has 0 radical (unpaired) electrons. The van der Waals surface area contributed by atoms with Crippen molar-refractivity contribution in [3.05, 3.63) is 29.8 Å². The number of likely N-dealkylation sites (tertiary alicyclic amines) is 1. The van der Waals surface area contributed by atoms with Crippen LogP contribution in [0.15, 0.2) is 29.2 Å². The second kappa shape index (κ2) is 7.88. The highest BCUT2D eigenvalue weighted by Gasteiger charge is 2.37. The first-order chi connectivity index (χ1) is 13.0. The van der Waals surface area contributed by atoms with Crippen LogP contribution in [0.25, 0.3) is 0 Å². The lowest BCUT2D eigenvalue weighted by Gasteiger charge is -2.45. The maximum Gasteiger partial charge on any atom is 0.178 e. The molecule has 0 amide bonds. The maximum absolute atomic E-state index is 12.5. The van der Waals surface area contributed by atoms with E-state index in [1.165, 1.54) is 31.5 Å². The number of sulfone groups is 1. The third kappa shape index (κ3) is 4.88. The van der Waals surface area contributed by atoms with Gasteiger partial charge in [-0.05, 0) is 61.8 Å². The Kier molecular flexibility index (Phi) is 5.51. The zero-order valence-corrected chi connectivity index (χ0v) is 16.4. The van der Waals surface area contributed by atoms with E-state index in [2.05, 4.69) is 4.90 Å². The van der Waals surface area contributed by atoms with Gasteiger partial charge in [-0.15, -0.1) is 0 Å². The van der Waals surface area contributed by atoms with E-state index in [-0.39, 0.29) is 16.8 Å². The van der Waals surface area contributed by atoms with Gasteiger partial charge in [-0.2, -0.15) is 10.3 Å². The quantitative estimate of drug-likeness (QED) is 0.711. The smallest absolute Gasteiger partial charge is 0.178 e. The van der Waals surface area contributed by atoms with Crippen molar-refractivity contribution < 1.29 is 13.3 Å². The van der Waals surface area contributed by atoms with Crippen molar-refractivity contribution in [2.75, 3.05) is 38.5 Å². The Morgan fingerprint density at radius 1 is 1.15 bits per heavy atom. The van der Waals surface area contributed by atoms with Gasteiger partial charge in [0.15, 0.2) is 9.84 Å². The summed E-state index contributed by atoms with van der Waals surface area (Å²) in [5.74, 6) is 1.64. The number of nitrogens with zero attached hydrogens (tertiary/aromatic N) is 3. The van der Waals surface area contributed by atoms with Crippen molar-refractivity contribution in [1.82, 2.24) is 9.96 Å². The van der Waals surface area contributed by atoms with Gasteiger partial charge in [0.2, 0.25) is 0 Å². The van der Waals surface area contributed by atoms with Gasteiger partial charge >= 0.3 is 0 Å². The molecule has 2 saturated heterocycles. The first-order valence-corrected chi connectivity index (χ1v) is 11.5. The molecule has 0 aromatic heterocycles. The summed E-state index contributed by atoms with van der Waals surface area (Å²) >= 11 is 0. The molecule has 2 heterocycles. The molecule has 2 aliphatic heterocycles. The summed E-state index contributed by atoms with van der Waals surface area (Å²) in [4.78, 5) is 8.95. The number of hydroxylamine groups is 2. The summed E-state index contributed by atoms with van der Waals surface area (Å²) in [6.45, 7) is 4.92. The van der Waals surface area contributed by atoms with Gasteiger partial charge in [0, 0.05) is 32.7 Å². The summed E-state index contributed by atoms with van der Waals surface area (Å²) < 4.78 is 24.9. The minimum Gasteiger partial charge on any atom is -0.300 e. The Morgan fingerprint density at radius 2 is 1.93 bits per heavy atom. The molecule has 0 spiro atoms. The Morgan fingerprint density at radius 3 is 2.59 bits per heavy atom. The first-order valence-electron chi connectivity index (χ1n) is 9.89. The molecule has 1 aromatic rings. The normalized spacial score (nSPS) is 26.6. The fourth-order valence-electron chi connectivity index (χ4n) is 4.24. The Labute approximate surface area is 161 Å². The van der Waals surface area contributed by atoms with E-state index in [9.17, 15) is 8.42 Å². The van der Waals surface area contributed by atoms with E-state index in [0.29, 0.717) is 24.4 Å². The molecule has 2 unspecified atom stereocenters. The zero-order valence-electron chi connectivity index (χ0n) is 15.6. The van der Waals surface area contributed by atoms with Crippen LogP contribution in [0.4, 0.5) is 0 Å². The van der Waals surface area contributed by atoms with Gasteiger partial charge in [-0.25, -0.2) is 8.42 Å². The zero-order chi connectivity index (χ0) is 18.9. The average molecular weight is 390 g/mol. The molecule has 0 N–H and O–H groups in total. The Bertz CT molecular complexity index is 785. The van der Waals surface area contributed by atoms with Crippen LogP contribution < -0.4 is 0 Å². The first kappa shape index (κ1) is 18.9. The summed E-state index contributed by atoms with van der Waals surface area (Å²) in [5, 5.41) is 10.8. The molecule has 1 aliphatic carbocycles. The Hall–Kier alpha value is -1.46. The summed E-state index contributed by atoms with van der Waals surface area (Å²) in [7, 11) is -3.32. The monoisotopic (exact) mass is 389 g/mol. The molecule has 2 atom stereocenters. The average Bonchev–Trinajstić information content (AvgIpc) is 3.45. The van der Waals surface area contributed by atoms with Gasteiger partial charge in [0.05, 0.1) is 28.4 Å². The van der Waals surface area contributed by atoms with Crippen molar-refractivity contribution in [3.8, 4) is 6.07 Å². The topological polar surface area (TPSA) is 73.6 Å². The minimum atomic E-state index is -3.32. The van der Waals surface area contributed by atoms with E-state index in [4.69, 9.17) is 10.1 Å². The molecular weight excluding hydrogens is 362 g/mol. The number of hydrogen-bond acceptors (Lipinski definition) is 6. The van der Waals surface area contributed by atoms with Crippen molar-refractivity contribution in [2.45, 2.75) is 36.7 Å². The van der Waals surface area contributed by atoms with Crippen LogP contribution in [0.2, 0.25) is 0 Å². The maximum atomic E-state index is 12.5. The summed E-state index contributed by atoms with van der Waals surface area (Å²) in [5.41, 5.74) is 0.470. The molecule has 4 rings (SSSR count). The molecule has 7 heteroatoms. The predicted octanol–water partition coefficient (Wildman–Crippen LogP) is 2.07. The lowest BCUT2D eigenvalue weighted by Crippen LogP contribution is -2.54. The second-order valence-electron chi connectivity index (χ2n) is 8.19. The second-order valence-corrected chi connectivity index (χ2v) is 10.3. The van der Waals surface area contributed by atoms with Crippen molar-refractivity contribution in [3.63, 3.8) is 0 Å². The van der Waals surface area contributed by atoms with E-state index >= 15 is 0 Å². The van der Waals surface area contributed by atoms with Gasteiger partial charge in [-0.1, -0.05) is 0 Å². The van der Waals surface area contributed by atoms with Gasteiger partial charge in [-0.3, -0.25) is 4.84 Å². The molecule has 3 fully saturated rings. The fraction of sp³-hybridized carbons (Fsp3) is 0.650. The molecule has 1 saturated carbocycles. The van der Waals surface area contributed by atoms with Crippen LogP contribution in [-0.4, -0.2) is 63.0 Å². The van der Waals surface area contributed by atoms with Crippen LogP contribution >= 0.6 is 0 Å². The number of rotatable bonds is 7. The lowest BCUT2D eigenvalue weighted by atomic mass is 9.94. The largest absolute Gasteiger partial charge is 0.300 e. The van der Waals surface area contributed by atoms with Gasteiger partial charge in [0.25, 0.3) is 0 Å². The number of nitriles is 1. The van der Waals surface area contributed by atoms with E-state index in [0.717, 1.165) is 32.0 Å². The van der Waals surface area contributed by atoms with Gasteiger partial charge < -0.3 is 4.90 Å². The highest BCUT2D eigenvalue weighted by molar-refractivity contribution is 7.91. The van der Waals surface area contributed by atoms with Crippen molar-refractivity contribution >= 4 is 9.84 Å². The van der Waals surface area contributed by atoms with Crippen molar-refractivity contribution in [2.24, 2.45) is 11.8 Å². The number of fused-ring (bicyclic) bond motifs is 2. The third-order valence-corrected chi connectivity index (χ3v) is 7.53. The highest BCUT2D eigenvalue weighted by Crippen LogP contribution is 2.33. The number of hydrogen-bond donors (Lipinski definition) is 0. The molecule has 146 valence electrons. The summed E-state index contributed by atoms with van der Waals surface area (Å²) in [6.07, 6.45) is 4.69. The molecule has 6 nitrogen and oxygen atoms in total. The standard InChI is InChI=1S/C20H27N3O3S/c21-11-16-4-6-20(7-5-16)27(24,25)9-1-8-23-14-18-10-19(26-23)15-22(13-18)12-17-2-3-17/h4-7,17-19H,1-3,8-10,12-15H2. The van der Waals surface area contributed by atoms with E-state index < -0.39 is 9.84 Å². The van der Waals surface area contributed by atoms with Crippen LogP contribution in [-0.2, 0) is 14.7 Å². The number of piperidine rings is 1. The highest BCUT2D eigenvalue weighted by atomic mass is 32.2. The predicted molar refractivity (Wildman–Crippen MR) is 102 cm³/mol. The van der Waals surface area contributed by atoms with Crippen LogP contribution in [0.3, 0.4) is 0 Å². The molecule has 27 heavy (non-hydrogen) atoms. The Balaban J connectivity index is 1.25. The molecule has 3 aliphatic rings. The van der Waals surface area contributed by atoms with E-state index in [1.807, 2.05) is 11.1 Å². The minimum absolute atomic E-state index is 0.0991. The molecule has 1 aromatic carbocycles. The molecule has 2 bridgehead atoms. The lowest BCUT2D eigenvalue weighted by molar-refractivity contribution is -0.252. The third-order valence-electron chi connectivity index (χ3n) is 5.71. The summed E-state index contributed by atoms with van der Waals surface area (Å²) in [6, 6.07) is 8.14. The SMILES string of the molecule is N#Cc1ccc(S(=O)(=O)CCCN2CC3CC(CN(CC4CC4)C3)O2)cc1. The van der Waals surface area contributed by atoms with Crippen LogP contribution in [0.5, 0.6) is 0 Å². The number of benzene rings is 1. The van der Waals surface area contributed by atoms with E-state index in [1.54, 1.807) is 12.1 Å². The molecular formula is C20H27N3O3S. The van der Waals surface area contributed by atoms with Crippen LogP contribution in [0, 0.1) is 23.2 Å².